The van der Waals surface area contributed by atoms with Crippen molar-refractivity contribution >= 4 is 5.97 Å². The predicted octanol–water partition coefficient (Wildman–Crippen LogP) is 5.43. The van der Waals surface area contributed by atoms with Crippen LogP contribution in [-0.2, 0) is 24.9 Å². The highest BCUT2D eigenvalue weighted by Crippen LogP contribution is 2.36. The quantitative estimate of drug-likeness (QED) is 0.256. The lowest BCUT2D eigenvalue weighted by atomic mass is 9.89. The standard InChI is InChI=1S/C23H28O4/c1-6-23(7-2,20-14-9-8-10-15-20)27-26-21(18(4)22(24)25-5)19-13-11-12-17(3)16-19/h8-16,21H,4,6-7H2,1-3,5H3/t21-/m1/s1. The minimum atomic E-state index is -0.751. The molecule has 0 unspecified atom stereocenters. The van der Waals surface area contributed by atoms with E-state index in [9.17, 15) is 4.79 Å². The lowest BCUT2D eigenvalue weighted by Crippen LogP contribution is -2.30. The molecule has 0 heterocycles. The number of carbonyl (C=O) groups excluding carboxylic acids is 1. The second-order valence-corrected chi connectivity index (χ2v) is 6.56. The minimum absolute atomic E-state index is 0.192. The van der Waals surface area contributed by atoms with Gasteiger partial charge >= 0.3 is 5.97 Å². The van der Waals surface area contributed by atoms with Crippen LogP contribution in [0.4, 0.5) is 0 Å². The van der Waals surface area contributed by atoms with Crippen LogP contribution in [-0.4, -0.2) is 13.1 Å². The highest BCUT2D eigenvalue weighted by molar-refractivity contribution is 5.89. The molecule has 0 aromatic heterocycles. The van der Waals surface area contributed by atoms with E-state index < -0.39 is 17.7 Å². The zero-order valence-corrected chi connectivity index (χ0v) is 16.5. The first kappa shape index (κ1) is 20.9. The lowest BCUT2D eigenvalue weighted by molar-refractivity contribution is -0.388. The molecule has 27 heavy (non-hydrogen) atoms. The van der Waals surface area contributed by atoms with E-state index in [1.54, 1.807) is 0 Å². The van der Waals surface area contributed by atoms with Crippen molar-refractivity contribution in [3.63, 3.8) is 0 Å². The van der Waals surface area contributed by atoms with Crippen LogP contribution in [0.3, 0.4) is 0 Å². The Hall–Kier alpha value is -2.43. The van der Waals surface area contributed by atoms with E-state index in [4.69, 9.17) is 14.5 Å². The molecule has 0 radical (unpaired) electrons. The van der Waals surface area contributed by atoms with Gasteiger partial charge in [-0.1, -0.05) is 80.6 Å². The van der Waals surface area contributed by atoms with Crippen molar-refractivity contribution in [2.75, 3.05) is 7.11 Å². The number of benzene rings is 2. The third-order valence-corrected chi connectivity index (χ3v) is 4.85. The molecule has 0 saturated heterocycles. The zero-order chi connectivity index (χ0) is 19.9. The Balaban J connectivity index is 2.34. The fourth-order valence-corrected chi connectivity index (χ4v) is 3.09. The fraction of sp³-hybridized carbons (Fsp3) is 0.348. The van der Waals surface area contributed by atoms with Gasteiger partial charge in [-0.3, -0.25) is 0 Å². The van der Waals surface area contributed by atoms with E-state index in [0.717, 1.165) is 29.5 Å². The Labute approximate surface area is 161 Å². The summed E-state index contributed by atoms with van der Waals surface area (Å²) in [6.45, 7) is 9.96. The first-order valence-corrected chi connectivity index (χ1v) is 9.21. The number of aryl methyl sites for hydroxylation is 1. The third-order valence-electron chi connectivity index (χ3n) is 4.85. The molecule has 0 aliphatic heterocycles. The average Bonchev–Trinajstić information content (AvgIpc) is 2.71. The summed E-state index contributed by atoms with van der Waals surface area (Å²) in [7, 11) is 1.33. The number of carbonyl (C=O) groups is 1. The van der Waals surface area contributed by atoms with Gasteiger partial charge in [0.25, 0.3) is 0 Å². The summed E-state index contributed by atoms with van der Waals surface area (Å²) in [6, 6.07) is 17.7. The molecule has 0 fully saturated rings. The van der Waals surface area contributed by atoms with Crippen LogP contribution >= 0.6 is 0 Å². The Morgan fingerprint density at radius 3 is 2.30 bits per heavy atom. The van der Waals surface area contributed by atoms with Gasteiger partial charge in [-0.25, -0.2) is 14.6 Å². The normalized spacial score (nSPS) is 12.4. The van der Waals surface area contributed by atoms with Crippen LogP contribution in [0.2, 0.25) is 0 Å². The molecule has 144 valence electrons. The van der Waals surface area contributed by atoms with Gasteiger partial charge in [-0.2, -0.15) is 0 Å². The first-order chi connectivity index (χ1) is 13.0. The van der Waals surface area contributed by atoms with Gasteiger partial charge in [0.2, 0.25) is 0 Å². The molecule has 0 saturated carbocycles. The molecule has 4 heteroatoms. The highest BCUT2D eigenvalue weighted by atomic mass is 17.2. The fourth-order valence-electron chi connectivity index (χ4n) is 3.09. The molecule has 1 atom stereocenters. The number of hydrogen-bond acceptors (Lipinski definition) is 4. The summed E-state index contributed by atoms with van der Waals surface area (Å²) in [4.78, 5) is 24.0. The molecule has 0 spiro atoms. The second-order valence-electron chi connectivity index (χ2n) is 6.56. The first-order valence-electron chi connectivity index (χ1n) is 9.21. The summed E-state index contributed by atoms with van der Waals surface area (Å²) < 4.78 is 4.84. The molecule has 4 nitrogen and oxygen atoms in total. The molecule has 2 aromatic rings. The minimum Gasteiger partial charge on any atom is -0.466 e. The molecule has 2 aromatic carbocycles. The van der Waals surface area contributed by atoms with Gasteiger partial charge in [0.15, 0.2) is 0 Å². The molecule has 0 aliphatic carbocycles. The van der Waals surface area contributed by atoms with Crippen molar-refractivity contribution in [2.45, 2.75) is 45.3 Å². The lowest BCUT2D eigenvalue weighted by Gasteiger charge is -2.32. The number of ether oxygens (including phenoxy) is 1. The van der Waals surface area contributed by atoms with E-state index in [-0.39, 0.29) is 5.57 Å². The smallest absolute Gasteiger partial charge is 0.336 e. The summed E-state index contributed by atoms with van der Waals surface area (Å²) in [5, 5.41) is 0. The van der Waals surface area contributed by atoms with Gasteiger partial charge in [-0.15, -0.1) is 0 Å². The van der Waals surface area contributed by atoms with Crippen molar-refractivity contribution in [1.29, 1.82) is 0 Å². The van der Waals surface area contributed by atoms with E-state index >= 15 is 0 Å². The monoisotopic (exact) mass is 368 g/mol. The highest BCUT2D eigenvalue weighted by Gasteiger charge is 2.34. The van der Waals surface area contributed by atoms with Gasteiger partial charge in [0.05, 0.1) is 12.7 Å². The average molecular weight is 368 g/mol. The molecule has 0 amide bonds. The second kappa shape index (κ2) is 9.49. The largest absolute Gasteiger partial charge is 0.466 e. The zero-order valence-electron chi connectivity index (χ0n) is 16.5. The molecule has 0 aliphatic rings. The van der Waals surface area contributed by atoms with Crippen LogP contribution in [0.5, 0.6) is 0 Å². The molecule has 2 rings (SSSR count). The van der Waals surface area contributed by atoms with Gasteiger partial charge in [0.1, 0.15) is 11.7 Å². The van der Waals surface area contributed by atoms with Crippen molar-refractivity contribution in [2.24, 2.45) is 0 Å². The van der Waals surface area contributed by atoms with Crippen molar-refractivity contribution in [3.8, 4) is 0 Å². The SMILES string of the molecule is C=C(C(=O)OC)[C@@H](OOC(CC)(CC)c1ccccc1)c1cccc(C)c1. The van der Waals surface area contributed by atoms with Gasteiger partial charge < -0.3 is 4.74 Å². The number of methoxy groups -OCH3 is 1. The van der Waals surface area contributed by atoms with E-state index in [0.29, 0.717) is 0 Å². The summed E-state index contributed by atoms with van der Waals surface area (Å²) in [5.41, 5.74) is 2.46. The Morgan fingerprint density at radius 1 is 1.07 bits per heavy atom. The summed E-state index contributed by atoms with van der Waals surface area (Å²) in [5.74, 6) is -0.525. The van der Waals surface area contributed by atoms with Crippen LogP contribution in [0.1, 0.15) is 49.5 Å². The predicted molar refractivity (Wildman–Crippen MR) is 106 cm³/mol. The van der Waals surface area contributed by atoms with Gasteiger partial charge in [-0.05, 0) is 30.9 Å². The Bertz CT molecular complexity index is 763. The number of hydrogen-bond donors (Lipinski definition) is 0. The summed E-state index contributed by atoms with van der Waals surface area (Å²) >= 11 is 0. The van der Waals surface area contributed by atoms with Crippen LogP contribution in [0.25, 0.3) is 0 Å². The molecule has 0 bridgehead atoms. The third kappa shape index (κ3) is 4.85. The Kier molecular flexibility index (Phi) is 7.34. The van der Waals surface area contributed by atoms with E-state index in [1.807, 2.05) is 61.5 Å². The molecule has 0 N–H and O–H groups in total. The topological polar surface area (TPSA) is 44.8 Å². The van der Waals surface area contributed by atoms with E-state index in [1.165, 1.54) is 7.11 Å². The van der Waals surface area contributed by atoms with Crippen molar-refractivity contribution in [1.82, 2.24) is 0 Å². The van der Waals surface area contributed by atoms with Crippen molar-refractivity contribution < 1.29 is 19.3 Å². The Morgan fingerprint density at radius 2 is 1.74 bits per heavy atom. The van der Waals surface area contributed by atoms with Crippen molar-refractivity contribution in [3.05, 3.63) is 83.4 Å². The van der Waals surface area contributed by atoms with E-state index in [2.05, 4.69) is 20.4 Å². The molecular weight excluding hydrogens is 340 g/mol. The number of esters is 1. The van der Waals surface area contributed by atoms with Gasteiger partial charge in [0, 0.05) is 0 Å². The van der Waals surface area contributed by atoms with Crippen LogP contribution < -0.4 is 0 Å². The maximum atomic E-state index is 12.1. The maximum Gasteiger partial charge on any atom is 0.336 e. The molecular formula is C23H28O4. The maximum absolute atomic E-state index is 12.1. The van der Waals surface area contributed by atoms with Crippen LogP contribution in [0.15, 0.2) is 66.7 Å². The number of rotatable bonds is 9. The van der Waals surface area contributed by atoms with Crippen LogP contribution in [0, 0.1) is 6.92 Å². The summed E-state index contributed by atoms with van der Waals surface area (Å²) in [6.07, 6.45) is 0.691.